The van der Waals surface area contributed by atoms with E-state index in [-0.39, 0.29) is 12.0 Å². The SMILES string of the molecule is CC(C)=CCC[C@](C)(O)[C@@H]1CC[C@@H](C)C[C@@H]1O. The molecule has 0 aromatic carbocycles. The molecule has 2 N–H and O–H groups in total. The Morgan fingerprint density at radius 1 is 1.35 bits per heavy atom. The van der Waals surface area contributed by atoms with E-state index in [0.29, 0.717) is 5.92 Å². The van der Waals surface area contributed by atoms with Crippen molar-refractivity contribution in [3.63, 3.8) is 0 Å². The summed E-state index contributed by atoms with van der Waals surface area (Å²) >= 11 is 0. The number of hydrogen-bond donors (Lipinski definition) is 2. The average molecular weight is 240 g/mol. The van der Waals surface area contributed by atoms with Crippen LogP contribution in [0.4, 0.5) is 0 Å². The van der Waals surface area contributed by atoms with Gasteiger partial charge in [-0.1, -0.05) is 25.0 Å². The highest BCUT2D eigenvalue weighted by Crippen LogP contribution is 2.37. The lowest BCUT2D eigenvalue weighted by atomic mass is 9.71. The zero-order valence-electron chi connectivity index (χ0n) is 11.7. The van der Waals surface area contributed by atoms with Gasteiger partial charge < -0.3 is 10.2 Å². The molecule has 0 aromatic heterocycles. The Kier molecular flexibility index (Phi) is 5.21. The molecule has 0 saturated heterocycles. The maximum atomic E-state index is 10.5. The Hall–Kier alpha value is -0.340. The summed E-state index contributed by atoms with van der Waals surface area (Å²) in [5.74, 6) is 0.638. The van der Waals surface area contributed by atoms with E-state index in [0.717, 1.165) is 32.1 Å². The van der Waals surface area contributed by atoms with Crippen LogP contribution in [0.25, 0.3) is 0 Å². The van der Waals surface area contributed by atoms with Gasteiger partial charge in [-0.25, -0.2) is 0 Å². The van der Waals surface area contributed by atoms with Crippen LogP contribution < -0.4 is 0 Å². The minimum Gasteiger partial charge on any atom is -0.393 e. The average Bonchev–Trinajstić information content (AvgIpc) is 2.15. The van der Waals surface area contributed by atoms with E-state index in [9.17, 15) is 10.2 Å². The fourth-order valence-corrected chi connectivity index (χ4v) is 2.91. The van der Waals surface area contributed by atoms with Crippen LogP contribution in [-0.2, 0) is 0 Å². The van der Waals surface area contributed by atoms with Crippen LogP contribution in [0.3, 0.4) is 0 Å². The lowest BCUT2D eigenvalue weighted by Crippen LogP contribution is -2.44. The summed E-state index contributed by atoms with van der Waals surface area (Å²) in [7, 11) is 0. The van der Waals surface area contributed by atoms with Crippen molar-refractivity contribution in [2.75, 3.05) is 0 Å². The molecule has 0 aromatic rings. The molecule has 100 valence electrons. The number of allylic oxidation sites excluding steroid dienone is 2. The number of aliphatic hydroxyl groups excluding tert-OH is 1. The van der Waals surface area contributed by atoms with E-state index in [1.54, 1.807) is 0 Å². The van der Waals surface area contributed by atoms with E-state index >= 15 is 0 Å². The van der Waals surface area contributed by atoms with E-state index in [1.807, 2.05) is 6.92 Å². The van der Waals surface area contributed by atoms with Crippen molar-refractivity contribution < 1.29 is 10.2 Å². The van der Waals surface area contributed by atoms with Gasteiger partial charge in [0.2, 0.25) is 0 Å². The zero-order valence-corrected chi connectivity index (χ0v) is 11.7. The quantitative estimate of drug-likeness (QED) is 0.740. The van der Waals surface area contributed by atoms with Gasteiger partial charge in [0.1, 0.15) is 0 Å². The molecule has 1 aliphatic carbocycles. The molecule has 0 radical (unpaired) electrons. The van der Waals surface area contributed by atoms with E-state index in [1.165, 1.54) is 5.57 Å². The molecule has 0 spiro atoms. The first kappa shape index (κ1) is 14.7. The third-order valence-corrected chi connectivity index (χ3v) is 4.08. The van der Waals surface area contributed by atoms with Gasteiger partial charge in [-0.3, -0.25) is 0 Å². The topological polar surface area (TPSA) is 40.5 Å². The summed E-state index contributed by atoms with van der Waals surface area (Å²) in [4.78, 5) is 0. The molecule has 2 nitrogen and oxygen atoms in total. The van der Waals surface area contributed by atoms with Crippen molar-refractivity contribution in [1.29, 1.82) is 0 Å². The van der Waals surface area contributed by atoms with Crippen molar-refractivity contribution in [2.24, 2.45) is 11.8 Å². The Labute approximate surface area is 106 Å². The third kappa shape index (κ3) is 4.44. The second kappa shape index (κ2) is 6.01. The largest absolute Gasteiger partial charge is 0.393 e. The van der Waals surface area contributed by atoms with Gasteiger partial charge in [0.05, 0.1) is 11.7 Å². The molecule has 0 heterocycles. The summed E-state index contributed by atoms with van der Waals surface area (Å²) in [6.07, 6.45) is 6.38. The first-order chi connectivity index (χ1) is 7.83. The molecular formula is C15H28O2. The smallest absolute Gasteiger partial charge is 0.0675 e. The normalized spacial score (nSPS) is 32.9. The summed E-state index contributed by atoms with van der Waals surface area (Å²) in [6, 6.07) is 0. The highest BCUT2D eigenvalue weighted by molar-refractivity contribution is 4.96. The second-order valence-electron chi connectivity index (χ2n) is 6.27. The van der Waals surface area contributed by atoms with Gasteiger partial charge in [-0.05, 0) is 52.4 Å². The van der Waals surface area contributed by atoms with Crippen LogP contribution in [0.5, 0.6) is 0 Å². The van der Waals surface area contributed by atoms with Crippen molar-refractivity contribution in [2.45, 2.75) is 71.5 Å². The first-order valence-electron chi connectivity index (χ1n) is 6.86. The Balaban J connectivity index is 2.54. The van der Waals surface area contributed by atoms with Gasteiger partial charge in [0.25, 0.3) is 0 Å². The molecule has 1 rings (SSSR count). The van der Waals surface area contributed by atoms with Crippen LogP contribution in [0, 0.1) is 11.8 Å². The highest BCUT2D eigenvalue weighted by atomic mass is 16.3. The van der Waals surface area contributed by atoms with Crippen molar-refractivity contribution in [3.8, 4) is 0 Å². The molecule has 17 heavy (non-hydrogen) atoms. The molecule has 1 aliphatic rings. The molecule has 0 unspecified atom stereocenters. The second-order valence-corrected chi connectivity index (χ2v) is 6.27. The molecule has 1 fully saturated rings. The monoisotopic (exact) mass is 240 g/mol. The van der Waals surface area contributed by atoms with Crippen LogP contribution in [0.2, 0.25) is 0 Å². The van der Waals surface area contributed by atoms with Crippen molar-refractivity contribution >= 4 is 0 Å². The third-order valence-electron chi connectivity index (χ3n) is 4.08. The van der Waals surface area contributed by atoms with E-state index in [4.69, 9.17) is 0 Å². The minimum absolute atomic E-state index is 0.0456. The lowest BCUT2D eigenvalue weighted by Gasteiger charge is -2.40. The van der Waals surface area contributed by atoms with Gasteiger partial charge in [0, 0.05) is 5.92 Å². The van der Waals surface area contributed by atoms with Gasteiger partial charge >= 0.3 is 0 Å². The van der Waals surface area contributed by atoms with Gasteiger partial charge in [-0.15, -0.1) is 0 Å². The number of hydrogen-bond acceptors (Lipinski definition) is 2. The van der Waals surface area contributed by atoms with Gasteiger partial charge in [-0.2, -0.15) is 0 Å². The van der Waals surface area contributed by atoms with Crippen LogP contribution in [0.15, 0.2) is 11.6 Å². The summed E-state index contributed by atoms with van der Waals surface area (Å²) in [5.41, 5.74) is 0.560. The molecule has 0 bridgehead atoms. The van der Waals surface area contributed by atoms with E-state index < -0.39 is 5.60 Å². The van der Waals surface area contributed by atoms with E-state index in [2.05, 4.69) is 26.8 Å². The molecule has 0 aliphatic heterocycles. The molecule has 4 atom stereocenters. The highest BCUT2D eigenvalue weighted by Gasteiger charge is 2.39. The van der Waals surface area contributed by atoms with Gasteiger partial charge in [0.15, 0.2) is 0 Å². The summed E-state index contributed by atoms with van der Waals surface area (Å²) in [6.45, 7) is 8.21. The Morgan fingerprint density at radius 3 is 2.53 bits per heavy atom. The molecule has 1 saturated carbocycles. The fourth-order valence-electron chi connectivity index (χ4n) is 2.91. The maximum absolute atomic E-state index is 10.5. The minimum atomic E-state index is -0.731. The summed E-state index contributed by atoms with van der Waals surface area (Å²) < 4.78 is 0. The summed E-state index contributed by atoms with van der Waals surface area (Å²) in [5, 5.41) is 20.6. The van der Waals surface area contributed by atoms with Crippen LogP contribution >= 0.6 is 0 Å². The lowest BCUT2D eigenvalue weighted by molar-refractivity contribution is -0.0876. The van der Waals surface area contributed by atoms with Crippen molar-refractivity contribution in [1.82, 2.24) is 0 Å². The maximum Gasteiger partial charge on any atom is 0.0675 e. The molecular weight excluding hydrogens is 212 g/mol. The number of aliphatic hydroxyl groups is 2. The zero-order chi connectivity index (χ0) is 13.1. The standard InChI is InChI=1S/C15H28O2/c1-11(2)6-5-9-15(4,17)13-8-7-12(3)10-14(13)16/h6,12-14,16-17H,5,7-10H2,1-4H3/t12-,13-,14+,15+/m1/s1. The first-order valence-corrected chi connectivity index (χ1v) is 6.86. The van der Waals surface area contributed by atoms with Crippen LogP contribution in [-0.4, -0.2) is 21.9 Å². The number of rotatable bonds is 4. The Bertz CT molecular complexity index is 264. The fraction of sp³-hybridized carbons (Fsp3) is 0.867. The molecule has 2 heteroatoms. The Morgan fingerprint density at radius 2 is 2.00 bits per heavy atom. The van der Waals surface area contributed by atoms with Crippen LogP contribution in [0.1, 0.15) is 59.8 Å². The molecule has 0 amide bonds. The van der Waals surface area contributed by atoms with Crippen molar-refractivity contribution in [3.05, 3.63) is 11.6 Å². The predicted octanol–water partition coefficient (Wildman–Crippen LogP) is 3.28. The predicted molar refractivity (Wildman–Crippen MR) is 71.8 cm³/mol.